The first kappa shape index (κ1) is 16.1. The Morgan fingerprint density at radius 3 is 2.61 bits per heavy atom. The molecule has 0 aromatic rings. The largest absolute Gasteiger partial charge is 0.392 e. The fraction of sp³-hybridized carbons (Fsp3) is 0.950. The molecule has 1 spiro atoms. The van der Waals surface area contributed by atoms with Crippen LogP contribution in [0.15, 0.2) is 0 Å². The molecule has 4 saturated carbocycles. The summed E-state index contributed by atoms with van der Waals surface area (Å²) in [5.74, 6) is 1.54. The Kier molecular flexibility index (Phi) is 3.37. The van der Waals surface area contributed by atoms with E-state index in [2.05, 4.69) is 20.8 Å². The number of hydrogen-bond acceptors (Lipinski definition) is 3. The summed E-state index contributed by atoms with van der Waals surface area (Å²) in [6, 6.07) is 0. The molecule has 3 nitrogen and oxygen atoms in total. The molecular formula is C20H32O3. The first-order chi connectivity index (χ1) is 10.9. The van der Waals surface area contributed by atoms with Crippen molar-refractivity contribution in [1.29, 1.82) is 0 Å². The zero-order valence-electron chi connectivity index (χ0n) is 15.1. The molecule has 0 heterocycles. The standard InChI is InChI=1S/C20H32O3/c1-5-18(3)11-15(21)20-10-13(20)6-8-19(12(2)17(18)22)9-7-14(23-4)16(19)20/h12-16,21H,5-11H2,1-4H3/t12-,13-,14+,15+,16?,18+,19?,20-/m0/s1. The van der Waals surface area contributed by atoms with Crippen LogP contribution in [0, 0.1) is 34.0 Å². The molecule has 2 unspecified atom stereocenters. The predicted molar refractivity (Wildman–Crippen MR) is 88.9 cm³/mol. The van der Waals surface area contributed by atoms with Crippen LogP contribution in [0.4, 0.5) is 0 Å². The smallest absolute Gasteiger partial charge is 0.142 e. The molecule has 1 N–H and O–H groups in total. The topological polar surface area (TPSA) is 46.5 Å². The summed E-state index contributed by atoms with van der Waals surface area (Å²) in [5.41, 5.74) is -0.247. The normalized spacial score (nSPS) is 58.1. The average molecular weight is 320 g/mol. The highest BCUT2D eigenvalue weighted by molar-refractivity contribution is 5.87. The number of carbonyl (C=O) groups is 1. The summed E-state index contributed by atoms with van der Waals surface area (Å²) in [5, 5.41) is 11.2. The van der Waals surface area contributed by atoms with Crippen molar-refractivity contribution in [2.24, 2.45) is 34.0 Å². The van der Waals surface area contributed by atoms with Crippen LogP contribution in [0.5, 0.6) is 0 Å². The Morgan fingerprint density at radius 2 is 1.96 bits per heavy atom. The molecule has 4 aliphatic rings. The minimum Gasteiger partial charge on any atom is -0.392 e. The quantitative estimate of drug-likeness (QED) is 0.846. The third-order valence-electron chi connectivity index (χ3n) is 8.82. The van der Waals surface area contributed by atoms with Gasteiger partial charge in [-0.1, -0.05) is 20.8 Å². The van der Waals surface area contributed by atoms with E-state index in [1.54, 1.807) is 0 Å². The van der Waals surface area contributed by atoms with Crippen molar-refractivity contribution in [2.45, 2.75) is 77.9 Å². The third-order valence-corrected chi connectivity index (χ3v) is 8.82. The van der Waals surface area contributed by atoms with Gasteiger partial charge in [-0.05, 0) is 62.2 Å². The SMILES string of the molecule is CC[C@]1(C)C[C@@H](O)[C@]23C[C@@H]2CCC2(CC[C@@H](OC)C23)[C@@H](C)C1=O. The summed E-state index contributed by atoms with van der Waals surface area (Å²) >= 11 is 0. The number of rotatable bonds is 2. The Morgan fingerprint density at radius 1 is 1.26 bits per heavy atom. The monoisotopic (exact) mass is 320 g/mol. The number of carbonyl (C=O) groups excluding carboxylic acids is 1. The van der Waals surface area contributed by atoms with Crippen LogP contribution in [0.2, 0.25) is 0 Å². The molecule has 3 heteroatoms. The number of Topliss-reactive ketones (excluding diaryl/α,β-unsaturated/α-hetero) is 1. The lowest BCUT2D eigenvalue weighted by atomic mass is 9.50. The molecule has 0 aromatic heterocycles. The zero-order chi connectivity index (χ0) is 16.6. The Bertz CT molecular complexity index is 531. The van der Waals surface area contributed by atoms with Crippen LogP contribution in [0.25, 0.3) is 0 Å². The fourth-order valence-electron chi connectivity index (χ4n) is 7.22. The Balaban J connectivity index is 1.86. The number of hydrogen-bond donors (Lipinski definition) is 1. The summed E-state index contributed by atoms with van der Waals surface area (Å²) in [6.45, 7) is 6.40. The van der Waals surface area contributed by atoms with E-state index in [9.17, 15) is 9.90 Å². The lowest BCUT2D eigenvalue weighted by Crippen LogP contribution is -2.56. The van der Waals surface area contributed by atoms with E-state index >= 15 is 0 Å². The van der Waals surface area contributed by atoms with Gasteiger partial charge < -0.3 is 9.84 Å². The highest BCUT2D eigenvalue weighted by Crippen LogP contribution is 2.77. The van der Waals surface area contributed by atoms with Crippen molar-refractivity contribution in [3.8, 4) is 0 Å². The van der Waals surface area contributed by atoms with Gasteiger partial charge in [-0.25, -0.2) is 0 Å². The van der Waals surface area contributed by atoms with Crippen molar-refractivity contribution in [3.05, 3.63) is 0 Å². The minimum absolute atomic E-state index is 0.0425. The van der Waals surface area contributed by atoms with E-state index in [4.69, 9.17) is 4.74 Å². The van der Waals surface area contributed by atoms with Crippen LogP contribution in [0.3, 0.4) is 0 Å². The van der Waals surface area contributed by atoms with Crippen LogP contribution in [0.1, 0.15) is 65.7 Å². The number of methoxy groups -OCH3 is 1. The Hall–Kier alpha value is -0.410. The van der Waals surface area contributed by atoms with Crippen molar-refractivity contribution >= 4 is 5.78 Å². The molecule has 0 aliphatic heterocycles. The van der Waals surface area contributed by atoms with Crippen LogP contribution in [-0.4, -0.2) is 30.2 Å². The van der Waals surface area contributed by atoms with Gasteiger partial charge in [0.1, 0.15) is 5.78 Å². The first-order valence-electron chi connectivity index (χ1n) is 9.61. The molecule has 0 aromatic carbocycles. The molecule has 0 amide bonds. The van der Waals surface area contributed by atoms with Crippen molar-refractivity contribution < 1.29 is 14.6 Å². The molecule has 4 rings (SSSR count). The first-order valence-corrected chi connectivity index (χ1v) is 9.61. The summed E-state index contributed by atoms with van der Waals surface area (Å²) in [6.07, 6.45) is 7.04. The summed E-state index contributed by atoms with van der Waals surface area (Å²) < 4.78 is 5.89. The van der Waals surface area contributed by atoms with Crippen molar-refractivity contribution in [3.63, 3.8) is 0 Å². The van der Waals surface area contributed by atoms with E-state index in [0.717, 1.165) is 32.1 Å². The maximum atomic E-state index is 13.4. The number of aliphatic hydroxyl groups is 1. The van der Waals surface area contributed by atoms with E-state index in [-0.39, 0.29) is 34.4 Å². The molecule has 23 heavy (non-hydrogen) atoms. The predicted octanol–water partition coefficient (Wildman–Crippen LogP) is 3.58. The van der Waals surface area contributed by atoms with E-state index < -0.39 is 0 Å². The zero-order valence-corrected chi connectivity index (χ0v) is 15.1. The molecule has 130 valence electrons. The van der Waals surface area contributed by atoms with Gasteiger partial charge in [-0.2, -0.15) is 0 Å². The fourth-order valence-corrected chi connectivity index (χ4v) is 7.22. The molecule has 4 fully saturated rings. The van der Waals surface area contributed by atoms with Crippen molar-refractivity contribution in [1.82, 2.24) is 0 Å². The lowest BCUT2D eigenvalue weighted by Gasteiger charge is -2.54. The number of aliphatic hydroxyl groups excluding tert-OH is 1. The number of ether oxygens (including phenoxy) is 1. The average Bonchev–Trinajstić information content (AvgIpc) is 3.19. The van der Waals surface area contributed by atoms with Gasteiger partial charge in [0.05, 0.1) is 12.2 Å². The molecule has 0 saturated heterocycles. The molecule has 0 radical (unpaired) electrons. The van der Waals surface area contributed by atoms with E-state index in [0.29, 0.717) is 24.0 Å². The lowest BCUT2D eigenvalue weighted by molar-refractivity contribution is -0.160. The second kappa shape index (κ2) is 4.82. The highest BCUT2D eigenvalue weighted by Gasteiger charge is 2.75. The van der Waals surface area contributed by atoms with Crippen LogP contribution >= 0.6 is 0 Å². The molecule has 2 bridgehead atoms. The number of ketones is 1. The second-order valence-electron chi connectivity index (χ2n) is 9.30. The van der Waals surface area contributed by atoms with Crippen LogP contribution in [-0.2, 0) is 9.53 Å². The van der Waals surface area contributed by atoms with Gasteiger partial charge in [0, 0.05) is 23.9 Å². The van der Waals surface area contributed by atoms with Gasteiger partial charge in [-0.15, -0.1) is 0 Å². The van der Waals surface area contributed by atoms with Gasteiger partial charge in [0.25, 0.3) is 0 Å². The van der Waals surface area contributed by atoms with Gasteiger partial charge >= 0.3 is 0 Å². The maximum Gasteiger partial charge on any atom is 0.142 e. The highest BCUT2D eigenvalue weighted by atomic mass is 16.5. The molecule has 8 atom stereocenters. The van der Waals surface area contributed by atoms with E-state index in [1.165, 1.54) is 6.42 Å². The summed E-state index contributed by atoms with van der Waals surface area (Å²) in [4.78, 5) is 13.4. The molecule has 4 aliphatic carbocycles. The second-order valence-corrected chi connectivity index (χ2v) is 9.30. The van der Waals surface area contributed by atoms with Gasteiger partial charge in [0.15, 0.2) is 0 Å². The molecular weight excluding hydrogens is 288 g/mol. The third kappa shape index (κ3) is 1.76. The van der Waals surface area contributed by atoms with E-state index in [1.807, 2.05) is 7.11 Å². The van der Waals surface area contributed by atoms with Crippen molar-refractivity contribution in [2.75, 3.05) is 7.11 Å². The van der Waals surface area contributed by atoms with Gasteiger partial charge in [0.2, 0.25) is 0 Å². The maximum absolute atomic E-state index is 13.4. The Labute approximate surface area is 140 Å². The van der Waals surface area contributed by atoms with Crippen LogP contribution < -0.4 is 0 Å². The minimum atomic E-state index is -0.362. The van der Waals surface area contributed by atoms with Gasteiger partial charge in [-0.3, -0.25) is 4.79 Å². The summed E-state index contributed by atoms with van der Waals surface area (Å²) in [7, 11) is 1.82.